The van der Waals surface area contributed by atoms with Crippen molar-refractivity contribution in [1.29, 1.82) is 0 Å². The van der Waals surface area contributed by atoms with E-state index in [1.54, 1.807) is 0 Å². The zero-order chi connectivity index (χ0) is 12.1. The molecule has 2 heteroatoms. The standard InChI is InChI=1S/C13H28ClN/c1-12(2,3)8-10-15-11(7-9-14)13(4,5)6/h11,15H,7-10H2,1-6H3. The number of rotatable bonds is 5. The van der Waals surface area contributed by atoms with Crippen LogP contribution in [0.5, 0.6) is 0 Å². The summed E-state index contributed by atoms with van der Waals surface area (Å²) in [5.74, 6) is 0.741. The summed E-state index contributed by atoms with van der Waals surface area (Å²) in [5.41, 5.74) is 0.711. The first-order chi connectivity index (χ1) is 6.67. The van der Waals surface area contributed by atoms with Crippen molar-refractivity contribution in [2.45, 2.75) is 60.4 Å². The number of halogens is 1. The predicted octanol–water partition coefficient (Wildman–Crippen LogP) is 4.06. The minimum absolute atomic E-state index is 0.298. The summed E-state index contributed by atoms with van der Waals surface area (Å²) < 4.78 is 0. The molecule has 0 saturated heterocycles. The highest BCUT2D eigenvalue weighted by molar-refractivity contribution is 6.17. The molecule has 0 aliphatic heterocycles. The summed E-state index contributed by atoms with van der Waals surface area (Å²) >= 11 is 5.83. The van der Waals surface area contributed by atoms with E-state index in [0.717, 1.165) is 18.8 Å². The van der Waals surface area contributed by atoms with Crippen LogP contribution in [0.2, 0.25) is 0 Å². The normalized spacial score (nSPS) is 15.4. The molecule has 0 saturated carbocycles. The topological polar surface area (TPSA) is 12.0 Å². The molecule has 0 aliphatic rings. The molecular formula is C13H28ClN. The zero-order valence-electron chi connectivity index (χ0n) is 11.3. The van der Waals surface area contributed by atoms with Gasteiger partial charge in [0, 0.05) is 11.9 Å². The van der Waals surface area contributed by atoms with Crippen molar-refractivity contribution in [2.24, 2.45) is 10.8 Å². The maximum atomic E-state index is 5.83. The summed E-state index contributed by atoms with van der Waals surface area (Å²) in [6.07, 6.45) is 2.26. The van der Waals surface area contributed by atoms with E-state index in [1.807, 2.05) is 0 Å². The van der Waals surface area contributed by atoms with E-state index in [-0.39, 0.29) is 0 Å². The minimum atomic E-state index is 0.298. The Morgan fingerprint density at radius 2 is 1.60 bits per heavy atom. The highest BCUT2D eigenvalue weighted by atomic mass is 35.5. The molecule has 1 N–H and O–H groups in total. The van der Waals surface area contributed by atoms with Gasteiger partial charge in [-0.05, 0) is 30.2 Å². The third-order valence-electron chi connectivity index (χ3n) is 2.71. The molecule has 92 valence electrons. The molecule has 1 unspecified atom stereocenters. The lowest BCUT2D eigenvalue weighted by Gasteiger charge is -2.32. The van der Waals surface area contributed by atoms with Crippen molar-refractivity contribution < 1.29 is 0 Å². The highest BCUT2D eigenvalue weighted by Crippen LogP contribution is 2.23. The maximum absolute atomic E-state index is 5.83. The molecular weight excluding hydrogens is 206 g/mol. The fourth-order valence-electron chi connectivity index (χ4n) is 1.57. The SMILES string of the molecule is CC(C)(C)CCNC(CCCl)C(C)(C)C. The Labute approximate surface area is 101 Å². The van der Waals surface area contributed by atoms with Gasteiger partial charge in [0.2, 0.25) is 0 Å². The molecule has 0 radical (unpaired) electrons. The highest BCUT2D eigenvalue weighted by Gasteiger charge is 2.23. The summed E-state index contributed by atoms with van der Waals surface area (Å²) in [4.78, 5) is 0. The molecule has 15 heavy (non-hydrogen) atoms. The van der Waals surface area contributed by atoms with Crippen LogP contribution in [0, 0.1) is 10.8 Å². The van der Waals surface area contributed by atoms with Gasteiger partial charge >= 0.3 is 0 Å². The molecule has 0 aromatic heterocycles. The van der Waals surface area contributed by atoms with Gasteiger partial charge in [-0.1, -0.05) is 41.5 Å². The molecule has 1 atom stereocenters. The van der Waals surface area contributed by atoms with E-state index < -0.39 is 0 Å². The summed E-state index contributed by atoms with van der Waals surface area (Å²) in [7, 11) is 0. The van der Waals surface area contributed by atoms with E-state index in [9.17, 15) is 0 Å². The molecule has 0 spiro atoms. The van der Waals surface area contributed by atoms with E-state index in [1.165, 1.54) is 6.42 Å². The van der Waals surface area contributed by atoms with Gasteiger partial charge in [0.05, 0.1) is 0 Å². The van der Waals surface area contributed by atoms with Gasteiger partial charge in [-0.2, -0.15) is 0 Å². The second-order valence-electron chi connectivity index (χ2n) is 6.66. The summed E-state index contributed by atoms with van der Waals surface area (Å²) in [5, 5.41) is 3.63. The summed E-state index contributed by atoms with van der Waals surface area (Å²) in [6.45, 7) is 14.7. The number of alkyl halides is 1. The average Bonchev–Trinajstić information content (AvgIpc) is 1.98. The second kappa shape index (κ2) is 6.10. The predicted molar refractivity (Wildman–Crippen MR) is 70.7 cm³/mol. The Balaban J connectivity index is 3.98. The molecule has 1 nitrogen and oxygen atoms in total. The van der Waals surface area contributed by atoms with E-state index in [4.69, 9.17) is 11.6 Å². The van der Waals surface area contributed by atoms with E-state index in [2.05, 4.69) is 46.9 Å². The Morgan fingerprint density at radius 3 is 1.93 bits per heavy atom. The Kier molecular flexibility index (Phi) is 6.20. The van der Waals surface area contributed by atoms with E-state index >= 15 is 0 Å². The van der Waals surface area contributed by atoms with Gasteiger partial charge in [-0.25, -0.2) is 0 Å². The van der Waals surface area contributed by atoms with Crippen LogP contribution in [-0.4, -0.2) is 18.5 Å². The smallest absolute Gasteiger partial charge is 0.0238 e. The summed E-state index contributed by atoms with van der Waals surface area (Å²) in [6, 6.07) is 0.525. The van der Waals surface area contributed by atoms with Crippen molar-refractivity contribution in [3.63, 3.8) is 0 Å². The van der Waals surface area contributed by atoms with Crippen molar-refractivity contribution in [1.82, 2.24) is 5.32 Å². The lowest BCUT2D eigenvalue weighted by Crippen LogP contribution is -2.41. The van der Waals surface area contributed by atoms with Crippen molar-refractivity contribution in [3.8, 4) is 0 Å². The van der Waals surface area contributed by atoms with Crippen molar-refractivity contribution in [2.75, 3.05) is 12.4 Å². The van der Waals surface area contributed by atoms with Gasteiger partial charge in [0.25, 0.3) is 0 Å². The minimum Gasteiger partial charge on any atom is -0.313 e. The average molecular weight is 234 g/mol. The van der Waals surface area contributed by atoms with Crippen LogP contribution in [0.4, 0.5) is 0 Å². The number of nitrogens with one attached hydrogen (secondary N) is 1. The Hall–Kier alpha value is 0.250. The lowest BCUT2D eigenvalue weighted by atomic mass is 9.84. The first-order valence-corrected chi connectivity index (χ1v) is 6.49. The molecule has 0 fully saturated rings. The van der Waals surface area contributed by atoms with Crippen LogP contribution in [0.3, 0.4) is 0 Å². The quantitative estimate of drug-likeness (QED) is 0.707. The van der Waals surface area contributed by atoms with Gasteiger partial charge < -0.3 is 5.32 Å². The molecule has 0 heterocycles. The van der Waals surface area contributed by atoms with Gasteiger partial charge in [0.1, 0.15) is 0 Å². The van der Waals surface area contributed by atoms with Crippen LogP contribution in [0.25, 0.3) is 0 Å². The monoisotopic (exact) mass is 233 g/mol. The lowest BCUT2D eigenvalue weighted by molar-refractivity contribution is 0.248. The number of hydrogen-bond donors (Lipinski definition) is 1. The van der Waals surface area contributed by atoms with Gasteiger partial charge in [0.15, 0.2) is 0 Å². The fourth-order valence-corrected chi connectivity index (χ4v) is 1.79. The first-order valence-electron chi connectivity index (χ1n) is 5.96. The largest absolute Gasteiger partial charge is 0.313 e. The molecule has 0 bridgehead atoms. The zero-order valence-corrected chi connectivity index (χ0v) is 12.0. The molecule has 0 aliphatic carbocycles. The third kappa shape index (κ3) is 8.10. The van der Waals surface area contributed by atoms with Crippen LogP contribution in [0.15, 0.2) is 0 Å². The van der Waals surface area contributed by atoms with Gasteiger partial charge in [-0.3, -0.25) is 0 Å². The van der Waals surface area contributed by atoms with Gasteiger partial charge in [-0.15, -0.1) is 11.6 Å². The Morgan fingerprint density at radius 1 is 1.07 bits per heavy atom. The van der Waals surface area contributed by atoms with Crippen molar-refractivity contribution >= 4 is 11.6 Å². The molecule has 0 amide bonds. The third-order valence-corrected chi connectivity index (χ3v) is 2.93. The van der Waals surface area contributed by atoms with Crippen LogP contribution < -0.4 is 5.32 Å². The molecule has 0 aromatic carbocycles. The van der Waals surface area contributed by atoms with Crippen molar-refractivity contribution in [3.05, 3.63) is 0 Å². The molecule has 0 aromatic rings. The molecule has 0 rings (SSSR count). The van der Waals surface area contributed by atoms with Crippen LogP contribution in [0.1, 0.15) is 54.4 Å². The van der Waals surface area contributed by atoms with Crippen LogP contribution >= 0.6 is 11.6 Å². The Bertz CT molecular complexity index is 164. The number of hydrogen-bond acceptors (Lipinski definition) is 1. The first kappa shape index (κ1) is 15.2. The van der Waals surface area contributed by atoms with Crippen LogP contribution in [-0.2, 0) is 0 Å². The maximum Gasteiger partial charge on any atom is 0.0238 e. The fraction of sp³-hybridized carbons (Fsp3) is 1.00. The van der Waals surface area contributed by atoms with E-state index in [0.29, 0.717) is 16.9 Å². The second-order valence-corrected chi connectivity index (χ2v) is 7.04.